The van der Waals surface area contributed by atoms with Gasteiger partial charge in [0.2, 0.25) is 0 Å². The molecule has 1 N–H and O–H groups in total. The molecule has 0 heterocycles. The second kappa shape index (κ2) is 6.44. The van der Waals surface area contributed by atoms with E-state index < -0.39 is 5.97 Å². The molecule has 0 saturated heterocycles. The van der Waals surface area contributed by atoms with Crippen LogP contribution in [0.4, 0.5) is 0 Å². The highest BCUT2D eigenvalue weighted by Gasteiger charge is 2.10. The molecule has 0 saturated carbocycles. The second-order valence-electron chi connectivity index (χ2n) is 2.98. The van der Waals surface area contributed by atoms with Gasteiger partial charge in [0.1, 0.15) is 0 Å². The van der Waals surface area contributed by atoms with E-state index >= 15 is 0 Å². The molecule has 0 aliphatic heterocycles. The van der Waals surface area contributed by atoms with E-state index in [2.05, 4.69) is 21.9 Å². The Hall–Kier alpha value is -2.15. The molecular formula is C11H8ClN3O2. The van der Waals surface area contributed by atoms with E-state index in [1.54, 1.807) is 12.1 Å². The van der Waals surface area contributed by atoms with Crippen LogP contribution in [-0.2, 0) is 0 Å². The zero-order chi connectivity index (χ0) is 12.7. The van der Waals surface area contributed by atoms with Crippen LogP contribution < -0.4 is 0 Å². The van der Waals surface area contributed by atoms with Gasteiger partial charge in [0, 0.05) is 23.4 Å². The van der Waals surface area contributed by atoms with Gasteiger partial charge in [0.05, 0.1) is 10.6 Å². The molecule has 17 heavy (non-hydrogen) atoms. The zero-order valence-electron chi connectivity index (χ0n) is 8.72. The SMILES string of the molecule is [N-]=[N+]=NCCC#Cc1cccc(C(=O)O)c1Cl. The van der Waals surface area contributed by atoms with Crippen molar-refractivity contribution in [1.29, 1.82) is 0 Å². The van der Waals surface area contributed by atoms with Gasteiger partial charge in [-0.1, -0.05) is 34.6 Å². The Labute approximate surface area is 103 Å². The summed E-state index contributed by atoms with van der Waals surface area (Å²) in [5, 5.41) is 12.3. The van der Waals surface area contributed by atoms with Gasteiger partial charge < -0.3 is 5.11 Å². The molecule has 5 nitrogen and oxygen atoms in total. The number of carbonyl (C=O) groups is 1. The van der Waals surface area contributed by atoms with Crippen molar-refractivity contribution in [3.63, 3.8) is 0 Å². The summed E-state index contributed by atoms with van der Waals surface area (Å²) in [5.41, 5.74) is 8.52. The molecule has 1 rings (SSSR count). The molecule has 1 aromatic rings. The summed E-state index contributed by atoms with van der Waals surface area (Å²) in [4.78, 5) is 13.4. The normalized spacial score (nSPS) is 8.76. The Morgan fingerprint density at radius 3 is 3.00 bits per heavy atom. The number of halogens is 1. The highest BCUT2D eigenvalue weighted by atomic mass is 35.5. The number of carboxylic acids is 1. The minimum absolute atomic E-state index is 0.0218. The summed E-state index contributed by atoms with van der Waals surface area (Å²) in [6, 6.07) is 4.62. The molecule has 0 fully saturated rings. The molecule has 86 valence electrons. The summed E-state index contributed by atoms with van der Waals surface area (Å²) in [7, 11) is 0. The molecule has 0 bridgehead atoms. The van der Waals surface area contributed by atoms with Crippen LogP contribution in [0.15, 0.2) is 23.3 Å². The predicted molar refractivity (Wildman–Crippen MR) is 63.9 cm³/mol. The van der Waals surface area contributed by atoms with Gasteiger partial charge >= 0.3 is 5.97 Å². The number of rotatable bonds is 3. The van der Waals surface area contributed by atoms with Crippen molar-refractivity contribution in [2.24, 2.45) is 5.11 Å². The maximum absolute atomic E-state index is 10.8. The number of azide groups is 1. The van der Waals surface area contributed by atoms with Gasteiger partial charge in [-0.15, -0.1) is 0 Å². The van der Waals surface area contributed by atoms with Gasteiger partial charge in [-0.05, 0) is 17.7 Å². The maximum atomic E-state index is 10.8. The highest BCUT2D eigenvalue weighted by Crippen LogP contribution is 2.20. The fraction of sp³-hybridized carbons (Fsp3) is 0.182. The van der Waals surface area contributed by atoms with Crippen molar-refractivity contribution in [2.45, 2.75) is 6.42 Å². The number of benzene rings is 1. The fourth-order valence-corrected chi connectivity index (χ4v) is 1.36. The molecule has 1 aromatic carbocycles. The third kappa shape index (κ3) is 3.72. The number of aromatic carboxylic acids is 1. The quantitative estimate of drug-likeness (QED) is 0.293. The molecule has 0 unspecified atom stereocenters. The number of carboxylic acid groups (broad SMARTS) is 1. The van der Waals surface area contributed by atoms with E-state index in [-0.39, 0.29) is 17.1 Å². The lowest BCUT2D eigenvalue weighted by Gasteiger charge is -2.00. The van der Waals surface area contributed by atoms with Gasteiger partial charge in [-0.3, -0.25) is 0 Å². The fourth-order valence-electron chi connectivity index (χ4n) is 1.10. The maximum Gasteiger partial charge on any atom is 0.337 e. The smallest absolute Gasteiger partial charge is 0.337 e. The third-order valence-corrected chi connectivity index (χ3v) is 2.26. The van der Waals surface area contributed by atoms with E-state index in [1.807, 2.05) is 0 Å². The van der Waals surface area contributed by atoms with Crippen molar-refractivity contribution >= 4 is 17.6 Å². The van der Waals surface area contributed by atoms with Gasteiger partial charge in [0.25, 0.3) is 0 Å². The highest BCUT2D eigenvalue weighted by molar-refractivity contribution is 6.34. The first-order valence-electron chi connectivity index (χ1n) is 4.68. The Morgan fingerprint density at radius 2 is 2.35 bits per heavy atom. The Kier molecular flexibility index (Phi) is 4.89. The molecule has 6 heteroatoms. The molecule has 0 aromatic heterocycles. The topological polar surface area (TPSA) is 86.1 Å². The monoisotopic (exact) mass is 249 g/mol. The first kappa shape index (κ1) is 12.9. The van der Waals surface area contributed by atoms with Crippen molar-refractivity contribution in [3.05, 3.63) is 44.8 Å². The van der Waals surface area contributed by atoms with Crippen molar-refractivity contribution < 1.29 is 9.90 Å². The van der Waals surface area contributed by atoms with Gasteiger partial charge in [0.15, 0.2) is 0 Å². The Balaban J connectivity index is 2.88. The summed E-state index contributed by atoms with van der Waals surface area (Å²) < 4.78 is 0. The number of nitrogens with zero attached hydrogens (tertiary/aromatic N) is 3. The molecular weight excluding hydrogens is 242 g/mol. The van der Waals surface area contributed by atoms with Crippen molar-refractivity contribution in [3.8, 4) is 11.8 Å². The lowest BCUT2D eigenvalue weighted by atomic mass is 10.1. The van der Waals surface area contributed by atoms with E-state index in [4.69, 9.17) is 22.2 Å². The minimum Gasteiger partial charge on any atom is -0.478 e. The Bertz CT molecular complexity index is 539. The van der Waals surface area contributed by atoms with Crippen LogP contribution in [-0.4, -0.2) is 17.6 Å². The largest absolute Gasteiger partial charge is 0.478 e. The molecule has 0 atom stereocenters. The molecule has 0 radical (unpaired) electrons. The third-order valence-electron chi connectivity index (χ3n) is 1.85. The van der Waals surface area contributed by atoms with Crippen LogP contribution >= 0.6 is 11.6 Å². The van der Waals surface area contributed by atoms with Crippen LogP contribution in [0.1, 0.15) is 22.3 Å². The summed E-state index contributed by atoms with van der Waals surface area (Å²) >= 11 is 5.88. The predicted octanol–water partition coefficient (Wildman–Crippen LogP) is 3.09. The van der Waals surface area contributed by atoms with Crippen LogP contribution in [0.3, 0.4) is 0 Å². The molecule has 0 aliphatic carbocycles. The van der Waals surface area contributed by atoms with Gasteiger partial charge in [-0.25, -0.2) is 4.79 Å². The molecule has 0 aliphatic rings. The van der Waals surface area contributed by atoms with Gasteiger partial charge in [-0.2, -0.15) is 0 Å². The van der Waals surface area contributed by atoms with Crippen LogP contribution in [0, 0.1) is 11.8 Å². The van der Waals surface area contributed by atoms with Crippen molar-refractivity contribution in [2.75, 3.05) is 6.54 Å². The van der Waals surface area contributed by atoms with Crippen molar-refractivity contribution in [1.82, 2.24) is 0 Å². The first-order chi connectivity index (χ1) is 8.16. The molecule has 0 spiro atoms. The zero-order valence-corrected chi connectivity index (χ0v) is 9.48. The average Bonchev–Trinajstić information content (AvgIpc) is 2.30. The minimum atomic E-state index is -1.09. The summed E-state index contributed by atoms with van der Waals surface area (Å²) in [5.74, 6) is 4.40. The molecule has 0 amide bonds. The van der Waals surface area contributed by atoms with E-state index in [0.29, 0.717) is 12.0 Å². The number of hydrogen-bond donors (Lipinski definition) is 1. The lowest BCUT2D eigenvalue weighted by molar-refractivity contribution is 0.0697. The Morgan fingerprint density at radius 1 is 1.59 bits per heavy atom. The van der Waals surface area contributed by atoms with E-state index in [1.165, 1.54) is 6.07 Å². The number of hydrogen-bond acceptors (Lipinski definition) is 2. The average molecular weight is 250 g/mol. The summed E-state index contributed by atoms with van der Waals surface area (Å²) in [6.45, 7) is 0.278. The van der Waals surface area contributed by atoms with Crippen LogP contribution in [0.25, 0.3) is 10.4 Å². The van der Waals surface area contributed by atoms with Crippen LogP contribution in [0.2, 0.25) is 5.02 Å². The lowest BCUT2D eigenvalue weighted by Crippen LogP contribution is -1.98. The summed E-state index contributed by atoms with van der Waals surface area (Å²) in [6.07, 6.45) is 0.400. The first-order valence-corrected chi connectivity index (χ1v) is 5.06. The van der Waals surface area contributed by atoms with E-state index in [9.17, 15) is 4.79 Å². The second-order valence-corrected chi connectivity index (χ2v) is 3.36. The van der Waals surface area contributed by atoms with E-state index in [0.717, 1.165) is 0 Å². The van der Waals surface area contributed by atoms with Crippen LogP contribution in [0.5, 0.6) is 0 Å². The standard InChI is InChI=1S/C11H8ClN3O2/c12-10-8(4-1-2-7-14-15-13)5-3-6-9(10)11(16)17/h3,5-6H,2,7H2,(H,16,17).